The van der Waals surface area contributed by atoms with Crippen molar-refractivity contribution in [3.63, 3.8) is 0 Å². The molecule has 11 heteroatoms. The quantitative estimate of drug-likeness (QED) is 0.358. The lowest BCUT2D eigenvalue weighted by Gasteiger charge is -2.26. The smallest absolute Gasteiger partial charge is 0.322 e. The zero-order chi connectivity index (χ0) is 27.8. The number of imidazole rings is 1. The van der Waals surface area contributed by atoms with Crippen molar-refractivity contribution in [2.75, 3.05) is 39.3 Å². The molecule has 1 N–H and O–H groups in total. The van der Waals surface area contributed by atoms with Gasteiger partial charge in [0.15, 0.2) is 0 Å². The van der Waals surface area contributed by atoms with Crippen molar-refractivity contribution in [3.8, 4) is 5.75 Å². The van der Waals surface area contributed by atoms with E-state index >= 15 is 0 Å². The molecule has 210 valence electrons. The van der Waals surface area contributed by atoms with Crippen LogP contribution in [0.3, 0.4) is 0 Å². The first kappa shape index (κ1) is 28.6. The Labute approximate surface area is 229 Å². The number of aryl methyl sites for hydroxylation is 1. The molecule has 1 aliphatic heterocycles. The van der Waals surface area contributed by atoms with E-state index in [1.807, 2.05) is 31.2 Å². The number of rotatable bonds is 12. The summed E-state index contributed by atoms with van der Waals surface area (Å²) >= 11 is 0. The molecule has 0 aliphatic carbocycles. The molecular weight excluding hydrogens is 520 g/mol. The van der Waals surface area contributed by atoms with Crippen molar-refractivity contribution in [2.45, 2.75) is 49.9 Å². The summed E-state index contributed by atoms with van der Waals surface area (Å²) in [7, 11) is -0.721. The van der Waals surface area contributed by atoms with Crippen LogP contribution in [0.4, 0.5) is 10.5 Å². The summed E-state index contributed by atoms with van der Waals surface area (Å²) in [6.45, 7) is 3.73. The maximum Gasteiger partial charge on any atom is 0.322 e. The number of benzene rings is 2. The van der Waals surface area contributed by atoms with E-state index in [9.17, 15) is 13.2 Å². The standard InChI is InChI=1S/C28H36N4O6S/c1-21-9-11-23(12-10-21)30-27(33)31(19-26-8-5-14-38-26)18-24-17-29-28(32(24)13-15-36-2)39(34,35)20-22-6-4-7-25(16-22)37-3/h4,6-7,9-12,16-17,26H,5,8,13-15,18-20H2,1-3H3,(H,30,33)/t26-/m1/s1. The van der Waals surface area contributed by atoms with Crippen molar-refractivity contribution in [1.29, 1.82) is 0 Å². The van der Waals surface area contributed by atoms with Crippen LogP contribution in [0.25, 0.3) is 0 Å². The van der Waals surface area contributed by atoms with E-state index in [1.54, 1.807) is 40.8 Å². The molecule has 0 bridgehead atoms. The minimum absolute atomic E-state index is 0.0617. The first-order valence-corrected chi connectivity index (χ1v) is 14.6. The van der Waals surface area contributed by atoms with Gasteiger partial charge in [0.2, 0.25) is 15.0 Å². The zero-order valence-electron chi connectivity index (χ0n) is 22.6. The van der Waals surface area contributed by atoms with Gasteiger partial charge in [0.1, 0.15) is 5.75 Å². The predicted octanol–water partition coefficient (Wildman–Crippen LogP) is 4.03. The lowest BCUT2D eigenvalue weighted by atomic mass is 10.2. The van der Waals surface area contributed by atoms with Crippen LogP contribution in [0, 0.1) is 6.92 Å². The molecule has 3 aromatic rings. The van der Waals surface area contributed by atoms with E-state index in [4.69, 9.17) is 14.2 Å². The van der Waals surface area contributed by atoms with Gasteiger partial charge in [-0.2, -0.15) is 0 Å². The highest BCUT2D eigenvalue weighted by Gasteiger charge is 2.28. The number of anilines is 1. The van der Waals surface area contributed by atoms with E-state index < -0.39 is 9.84 Å². The fourth-order valence-electron chi connectivity index (χ4n) is 4.52. The van der Waals surface area contributed by atoms with Crippen molar-refractivity contribution in [1.82, 2.24) is 14.5 Å². The van der Waals surface area contributed by atoms with Gasteiger partial charge < -0.3 is 29.0 Å². The molecule has 1 fully saturated rings. The van der Waals surface area contributed by atoms with Crippen LogP contribution in [0.1, 0.15) is 29.7 Å². The summed E-state index contributed by atoms with van der Waals surface area (Å²) < 4.78 is 44.9. The predicted molar refractivity (Wildman–Crippen MR) is 148 cm³/mol. The normalized spacial score (nSPS) is 15.3. The van der Waals surface area contributed by atoms with Crippen LogP contribution in [0.15, 0.2) is 59.9 Å². The Morgan fingerprint density at radius 2 is 2.00 bits per heavy atom. The average molecular weight is 557 g/mol. The second-order valence-corrected chi connectivity index (χ2v) is 11.5. The highest BCUT2D eigenvalue weighted by Crippen LogP contribution is 2.23. The first-order valence-electron chi connectivity index (χ1n) is 12.9. The number of sulfone groups is 1. The molecule has 1 atom stereocenters. The minimum Gasteiger partial charge on any atom is -0.497 e. The van der Waals surface area contributed by atoms with Gasteiger partial charge in [-0.15, -0.1) is 0 Å². The molecule has 2 heterocycles. The second kappa shape index (κ2) is 13.1. The Bertz CT molecular complexity index is 1350. The van der Waals surface area contributed by atoms with E-state index in [0.717, 1.165) is 18.4 Å². The van der Waals surface area contributed by atoms with E-state index in [2.05, 4.69) is 10.3 Å². The Balaban J connectivity index is 1.60. The SMILES string of the molecule is COCCn1c(CN(C[C@H]2CCCO2)C(=O)Nc2ccc(C)cc2)cnc1S(=O)(=O)Cc1cccc(OC)c1. The summed E-state index contributed by atoms with van der Waals surface area (Å²) in [6, 6.07) is 14.2. The molecule has 10 nitrogen and oxygen atoms in total. The molecule has 1 aromatic heterocycles. The number of ether oxygens (including phenoxy) is 3. The lowest BCUT2D eigenvalue weighted by molar-refractivity contribution is 0.0811. The van der Waals surface area contributed by atoms with E-state index in [0.29, 0.717) is 35.8 Å². The van der Waals surface area contributed by atoms with Gasteiger partial charge in [0, 0.05) is 32.5 Å². The second-order valence-electron chi connectivity index (χ2n) is 9.60. The average Bonchev–Trinajstić information content (AvgIpc) is 3.58. The fraction of sp³-hybridized carbons (Fsp3) is 0.429. The largest absolute Gasteiger partial charge is 0.497 e. The number of carbonyl (C=O) groups is 1. The van der Waals surface area contributed by atoms with Crippen LogP contribution < -0.4 is 10.1 Å². The number of methoxy groups -OCH3 is 2. The molecule has 1 saturated heterocycles. The third kappa shape index (κ3) is 7.59. The Kier molecular flexibility index (Phi) is 9.60. The summed E-state index contributed by atoms with van der Waals surface area (Å²) in [5.74, 6) is 0.344. The highest BCUT2D eigenvalue weighted by atomic mass is 32.2. The van der Waals surface area contributed by atoms with Gasteiger partial charge in [0.25, 0.3) is 0 Å². The lowest BCUT2D eigenvalue weighted by Crippen LogP contribution is -2.40. The first-order chi connectivity index (χ1) is 18.8. The van der Waals surface area contributed by atoms with Gasteiger partial charge in [-0.05, 0) is 49.6 Å². The van der Waals surface area contributed by atoms with Crippen LogP contribution in [-0.2, 0) is 38.2 Å². The van der Waals surface area contributed by atoms with Gasteiger partial charge in [-0.25, -0.2) is 18.2 Å². The summed E-state index contributed by atoms with van der Waals surface area (Å²) in [5, 5.41) is 2.89. The molecule has 4 rings (SSSR count). The molecular formula is C28H36N4O6S. The van der Waals surface area contributed by atoms with Crippen molar-refractivity contribution in [2.24, 2.45) is 0 Å². The van der Waals surface area contributed by atoms with Gasteiger partial charge in [-0.1, -0.05) is 29.8 Å². The van der Waals surface area contributed by atoms with Gasteiger partial charge in [-0.3, -0.25) is 0 Å². The Morgan fingerprint density at radius 3 is 2.69 bits per heavy atom. The fourth-order valence-corrected chi connectivity index (χ4v) is 6.03. The third-order valence-electron chi connectivity index (χ3n) is 6.58. The number of hydrogen-bond donors (Lipinski definition) is 1. The zero-order valence-corrected chi connectivity index (χ0v) is 23.4. The topological polar surface area (TPSA) is 112 Å². The molecule has 1 aliphatic rings. The molecule has 0 spiro atoms. The molecule has 0 saturated carbocycles. The van der Waals surface area contributed by atoms with Crippen molar-refractivity contribution in [3.05, 3.63) is 71.5 Å². The number of urea groups is 1. The molecule has 2 amide bonds. The summed E-state index contributed by atoms with van der Waals surface area (Å²) in [6.07, 6.45) is 3.24. The van der Waals surface area contributed by atoms with Crippen LogP contribution in [-0.4, -0.2) is 69.0 Å². The van der Waals surface area contributed by atoms with Crippen LogP contribution in [0.2, 0.25) is 0 Å². The molecule has 2 aromatic carbocycles. The van der Waals surface area contributed by atoms with E-state index in [-0.39, 0.29) is 42.7 Å². The maximum absolute atomic E-state index is 13.5. The third-order valence-corrected chi connectivity index (χ3v) is 8.18. The van der Waals surface area contributed by atoms with Crippen molar-refractivity contribution < 1.29 is 27.4 Å². The number of amides is 2. The Hall–Kier alpha value is -3.41. The van der Waals surface area contributed by atoms with Crippen LogP contribution in [0.5, 0.6) is 5.75 Å². The number of hydrogen-bond acceptors (Lipinski definition) is 7. The summed E-state index contributed by atoms with van der Waals surface area (Å²) in [5.41, 5.74) is 2.95. The molecule has 0 unspecified atom stereocenters. The number of aromatic nitrogens is 2. The van der Waals surface area contributed by atoms with E-state index in [1.165, 1.54) is 13.3 Å². The van der Waals surface area contributed by atoms with Gasteiger partial charge in [0.05, 0.1) is 44.0 Å². The molecule has 39 heavy (non-hydrogen) atoms. The van der Waals surface area contributed by atoms with Crippen molar-refractivity contribution >= 4 is 21.6 Å². The molecule has 0 radical (unpaired) electrons. The number of carbonyl (C=O) groups excluding carboxylic acids is 1. The number of nitrogens with one attached hydrogen (secondary N) is 1. The maximum atomic E-state index is 13.5. The number of nitrogens with zero attached hydrogens (tertiary/aromatic N) is 3. The Morgan fingerprint density at radius 1 is 1.21 bits per heavy atom. The van der Waals surface area contributed by atoms with Crippen LogP contribution >= 0.6 is 0 Å². The van der Waals surface area contributed by atoms with Gasteiger partial charge >= 0.3 is 6.03 Å². The minimum atomic E-state index is -3.81. The highest BCUT2D eigenvalue weighted by molar-refractivity contribution is 7.90. The summed E-state index contributed by atoms with van der Waals surface area (Å²) in [4.78, 5) is 19.4. The monoisotopic (exact) mass is 556 g/mol.